The highest BCUT2D eigenvalue weighted by Gasteiger charge is 2.11. The summed E-state index contributed by atoms with van der Waals surface area (Å²) in [6.45, 7) is 2.53. The smallest absolute Gasteiger partial charge is 0.270 e. The Morgan fingerprint density at radius 3 is 2.70 bits per heavy atom. The number of hydrogen-bond acceptors (Lipinski definition) is 4. The zero-order chi connectivity index (χ0) is 19.1. The summed E-state index contributed by atoms with van der Waals surface area (Å²) in [6, 6.07) is 19.2. The van der Waals surface area contributed by atoms with E-state index in [1.165, 1.54) is 0 Å². The molecule has 6 heteroatoms. The molecule has 2 N–H and O–H groups in total. The second kappa shape index (κ2) is 9.14. The van der Waals surface area contributed by atoms with Crippen LogP contribution >= 0.6 is 11.6 Å². The van der Waals surface area contributed by atoms with Crippen molar-refractivity contribution in [2.24, 2.45) is 0 Å². The summed E-state index contributed by atoms with van der Waals surface area (Å²) >= 11 is 5.97. The van der Waals surface area contributed by atoms with E-state index in [1.54, 1.807) is 12.3 Å². The number of rotatable bonds is 7. The van der Waals surface area contributed by atoms with Crippen molar-refractivity contribution >= 4 is 23.5 Å². The third-order valence-corrected chi connectivity index (χ3v) is 4.36. The van der Waals surface area contributed by atoms with Crippen LogP contribution in [0.1, 0.15) is 34.6 Å². The number of carbonyl (C=O) groups excluding carboxylic acids is 1. The average molecular weight is 381 g/mol. The monoisotopic (exact) mass is 380 g/mol. The van der Waals surface area contributed by atoms with E-state index in [4.69, 9.17) is 11.6 Å². The lowest BCUT2D eigenvalue weighted by Gasteiger charge is -2.14. The minimum Gasteiger partial charge on any atom is -0.350 e. The molecule has 27 heavy (non-hydrogen) atoms. The third-order valence-electron chi connectivity index (χ3n) is 4.12. The highest BCUT2D eigenvalue weighted by Crippen LogP contribution is 2.16. The molecule has 0 fully saturated rings. The molecule has 0 radical (unpaired) electrons. The molecule has 0 saturated heterocycles. The van der Waals surface area contributed by atoms with E-state index in [0.29, 0.717) is 29.6 Å². The molecule has 138 valence electrons. The lowest BCUT2D eigenvalue weighted by Crippen LogP contribution is -2.27. The molecular weight excluding hydrogens is 360 g/mol. The number of hydrogen-bond donors (Lipinski definition) is 2. The Hall–Kier alpha value is -2.92. The third kappa shape index (κ3) is 5.53. The first-order chi connectivity index (χ1) is 13.1. The standard InChI is InChI=1S/C21H21ClN4O/c1-15(17-7-3-2-4-8-17)25-21-24-13-11-19(26-21)20(27)23-12-10-16-6-5-9-18(22)14-16/h2-9,11,13-15H,10,12H2,1H3,(H,23,27)(H,24,25,26). The Balaban J connectivity index is 1.57. The number of carbonyl (C=O) groups is 1. The minimum absolute atomic E-state index is 0.0346. The van der Waals surface area contributed by atoms with Crippen molar-refractivity contribution in [3.05, 3.63) is 88.7 Å². The maximum absolute atomic E-state index is 12.4. The van der Waals surface area contributed by atoms with E-state index < -0.39 is 0 Å². The Labute approximate surface area is 163 Å². The number of nitrogens with zero attached hydrogens (tertiary/aromatic N) is 2. The van der Waals surface area contributed by atoms with Gasteiger partial charge in [0.1, 0.15) is 5.69 Å². The SMILES string of the molecule is CC(Nc1nccc(C(=O)NCCc2cccc(Cl)c2)n1)c1ccccc1. The van der Waals surface area contributed by atoms with Crippen LogP contribution in [0.2, 0.25) is 5.02 Å². The van der Waals surface area contributed by atoms with Crippen molar-refractivity contribution in [1.29, 1.82) is 0 Å². The molecule has 1 heterocycles. The predicted octanol–water partition coefficient (Wildman–Crippen LogP) is 4.28. The van der Waals surface area contributed by atoms with Crippen LogP contribution in [0.5, 0.6) is 0 Å². The summed E-state index contributed by atoms with van der Waals surface area (Å²) in [4.78, 5) is 20.9. The normalized spacial score (nSPS) is 11.6. The summed E-state index contributed by atoms with van der Waals surface area (Å²) in [7, 11) is 0. The van der Waals surface area contributed by atoms with Crippen LogP contribution in [-0.2, 0) is 6.42 Å². The van der Waals surface area contributed by atoms with Crippen molar-refractivity contribution in [1.82, 2.24) is 15.3 Å². The van der Waals surface area contributed by atoms with Gasteiger partial charge in [-0.15, -0.1) is 0 Å². The second-order valence-corrected chi connectivity index (χ2v) is 6.61. The van der Waals surface area contributed by atoms with Gasteiger partial charge in [-0.3, -0.25) is 4.79 Å². The molecule has 0 aliphatic heterocycles. The van der Waals surface area contributed by atoms with Crippen LogP contribution in [0.3, 0.4) is 0 Å². The molecule has 1 atom stereocenters. The molecule has 0 aliphatic carbocycles. The highest BCUT2D eigenvalue weighted by atomic mass is 35.5. The lowest BCUT2D eigenvalue weighted by molar-refractivity contribution is 0.0949. The number of anilines is 1. The molecule has 3 aromatic rings. The molecule has 2 aromatic carbocycles. The van der Waals surface area contributed by atoms with Gasteiger partial charge in [0.05, 0.1) is 6.04 Å². The van der Waals surface area contributed by atoms with Gasteiger partial charge >= 0.3 is 0 Å². The van der Waals surface area contributed by atoms with Crippen molar-refractivity contribution in [3.8, 4) is 0 Å². The Morgan fingerprint density at radius 1 is 1.11 bits per heavy atom. The molecule has 3 rings (SSSR count). The number of aromatic nitrogens is 2. The highest BCUT2D eigenvalue weighted by molar-refractivity contribution is 6.30. The van der Waals surface area contributed by atoms with Gasteiger partial charge < -0.3 is 10.6 Å². The summed E-state index contributed by atoms with van der Waals surface area (Å²) < 4.78 is 0. The van der Waals surface area contributed by atoms with Crippen LogP contribution in [0.15, 0.2) is 66.9 Å². The van der Waals surface area contributed by atoms with Crippen molar-refractivity contribution in [3.63, 3.8) is 0 Å². The molecule has 1 amide bonds. The number of nitrogens with one attached hydrogen (secondary N) is 2. The maximum atomic E-state index is 12.4. The topological polar surface area (TPSA) is 66.9 Å². The Bertz CT molecular complexity index is 901. The van der Waals surface area contributed by atoms with Gasteiger partial charge in [-0.2, -0.15) is 0 Å². The van der Waals surface area contributed by atoms with Crippen molar-refractivity contribution in [2.75, 3.05) is 11.9 Å². The van der Waals surface area contributed by atoms with Crippen LogP contribution in [-0.4, -0.2) is 22.4 Å². The number of benzene rings is 2. The molecule has 0 saturated carbocycles. The van der Waals surface area contributed by atoms with Gasteiger partial charge in [-0.25, -0.2) is 9.97 Å². The van der Waals surface area contributed by atoms with Crippen molar-refractivity contribution in [2.45, 2.75) is 19.4 Å². The molecular formula is C21H21ClN4O. The second-order valence-electron chi connectivity index (χ2n) is 6.18. The molecule has 1 unspecified atom stereocenters. The number of amides is 1. The lowest BCUT2D eigenvalue weighted by atomic mass is 10.1. The molecule has 1 aromatic heterocycles. The zero-order valence-electron chi connectivity index (χ0n) is 15.0. The minimum atomic E-state index is -0.227. The average Bonchev–Trinajstić information content (AvgIpc) is 2.69. The van der Waals surface area contributed by atoms with Gasteiger partial charge in [0, 0.05) is 17.8 Å². The summed E-state index contributed by atoms with van der Waals surface area (Å²) in [6.07, 6.45) is 2.28. The predicted molar refractivity (Wildman–Crippen MR) is 108 cm³/mol. The van der Waals surface area contributed by atoms with E-state index in [2.05, 4.69) is 20.6 Å². The molecule has 5 nitrogen and oxygen atoms in total. The first kappa shape index (κ1) is 18.9. The van der Waals surface area contributed by atoms with Crippen molar-refractivity contribution < 1.29 is 4.79 Å². The fourth-order valence-corrected chi connectivity index (χ4v) is 2.89. The molecule has 0 aliphatic rings. The van der Waals surface area contributed by atoms with E-state index in [9.17, 15) is 4.79 Å². The first-order valence-corrected chi connectivity index (χ1v) is 9.17. The quantitative estimate of drug-likeness (QED) is 0.642. The Morgan fingerprint density at radius 2 is 1.93 bits per heavy atom. The summed E-state index contributed by atoms with van der Waals surface area (Å²) in [5, 5.41) is 6.80. The first-order valence-electron chi connectivity index (χ1n) is 8.79. The van der Waals surface area contributed by atoms with Gasteiger partial charge in [0.15, 0.2) is 0 Å². The van der Waals surface area contributed by atoms with E-state index in [0.717, 1.165) is 11.1 Å². The van der Waals surface area contributed by atoms with E-state index in [1.807, 2.05) is 61.5 Å². The zero-order valence-corrected chi connectivity index (χ0v) is 15.8. The molecule has 0 spiro atoms. The largest absolute Gasteiger partial charge is 0.350 e. The van der Waals surface area contributed by atoms with Crippen LogP contribution < -0.4 is 10.6 Å². The summed E-state index contributed by atoms with van der Waals surface area (Å²) in [5.41, 5.74) is 2.53. The fourth-order valence-electron chi connectivity index (χ4n) is 2.68. The number of halogens is 1. The Kier molecular flexibility index (Phi) is 6.39. The maximum Gasteiger partial charge on any atom is 0.270 e. The van der Waals surface area contributed by atoms with Gasteiger partial charge in [0.2, 0.25) is 5.95 Å². The van der Waals surface area contributed by atoms with E-state index in [-0.39, 0.29) is 11.9 Å². The van der Waals surface area contributed by atoms with Crippen LogP contribution in [0.25, 0.3) is 0 Å². The fraction of sp³-hybridized carbons (Fsp3) is 0.190. The van der Waals surface area contributed by atoms with Gasteiger partial charge in [0.25, 0.3) is 5.91 Å². The van der Waals surface area contributed by atoms with E-state index >= 15 is 0 Å². The van der Waals surface area contributed by atoms with Crippen LogP contribution in [0.4, 0.5) is 5.95 Å². The summed E-state index contributed by atoms with van der Waals surface area (Å²) in [5.74, 6) is 0.198. The van der Waals surface area contributed by atoms with Gasteiger partial charge in [-0.1, -0.05) is 54.1 Å². The van der Waals surface area contributed by atoms with Gasteiger partial charge in [-0.05, 0) is 42.7 Å². The van der Waals surface area contributed by atoms with Crippen LogP contribution in [0, 0.1) is 0 Å². The molecule has 0 bridgehead atoms.